The van der Waals surface area contributed by atoms with E-state index < -0.39 is 0 Å². The lowest BCUT2D eigenvalue weighted by atomic mass is 9.74. The van der Waals surface area contributed by atoms with E-state index in [2.05, 4.69) is 34.5 Å². The smallest absolute Gasteiger partial charge is 0.0359 e. The van der Waals surface area contributed by atoms with Crippen LogP contribution in [0.5, 0.6) is 0 Å². The molecular weight excluding hydrogens is 268 g/mol. The number of benzene rings is 1. The molecule has 4 rings (SSSR count). The van der Waals surface area contributed by atoms with Gasteiger partial charge in [0, 0.05) is 6.04 Å². The summed E-state index contributed by atoms with van der Waals surface area (Å²) in [6.07, 6.45) is 6.82. The van der Waals surface area contributed by atoms with E-state index in [1.807, 2.05) is 0 Å². The van der Waals surface area contributed by atoms with Gasteiger partial charge in [-0.1, -0.05) is 24.3 Å². The number of rotatable bonds is 1. The fourth-order valence-corrected chi connectivity index (χ4v) is 4.62. The molecule has 2 nitrogen and oxygen atoms in total. The molecule has 1 unspecified atom stereocenters. The Balaban J connectivity index is 0.00000121. The quantitative estimate of drug-likeness (QED) is 0.855. The lowest BCUT2D eigenvalue weighted by molar-refractivity contribution is 0.195. The average Bonchev–Trinajstić information content (AvgIpc) is 3.08. The molecule has 1 aromatic rings. The minimum atomic E-state index is 0. The second-order valence-electron chi connectivity index (χ2n) is 6.58. The number of nitrogens with zero attached hydrogens (tertiary/aromatic N) is 1. The Bertz CT molecular complexity index is 462. The Labute approximate surface area is 128 Å². The van der Waals surface area contributed by atoms with Gasteiger partial charge < -0.3 is 5.32 Å². The number of hydrogen-bond acceptors (Lipinski definition) is 2. The first-order valence-corrected chi connectivity index (χ1v) is 7.93. The highest BCUT2D eigenvalue weighted by molar-refractivity contribution is 5.85. The summed E-state index contributed by atoms with van der Waals surface area (Å²) < 4.78 is 0. The van der Waals surface area contributed by atoms with Crippen molar-refractivity contribution in [2.75, 3.05) is 26.2 Å². The predicted molar refractivity (Wildman–Crippen MR) is 85.6 cm³/mol. The lowest BCUT2D eigenvalue weighted by Gasteiger charge is -2.36. The molecule has 2 aliphatic heterocycles. The van der Waals surface area contributed by atoms with Crippen molar-refractivity contribution in [3.05, 3.63) is 35.4 Å². The number of hydrogen-bond donors (Lipinski definition) is 1. The Morgan fingerprint density at radius 3 is 2.50 bits per heavy atom. The largest absolute Gasteiger partial charge is 0.317 e. The molecule has 0 aromatic heterocycles. The molecular formula is C17H25ClN2. The molecule has 20 heavy (non-hydrogen) atoms. The summed E-state index contributed by atoms with van der Waals surface area (Å²) in [7, 11) is 0. The molecule has 2 saturated heterocycles. The maximum Gasteiger partial charge on any atom is 0.0359 e. The fraction of sp³-hybridized carbons (Fsp3) is 0.647. The van der Waals surface area contributed by atoms with Gasteiger partial charge in [-0.2, -0.15) is 0 Å². The van der Waals surface area contributed by atoms with Crippen LogP contribution in [0.2, 0.25) is 0 Å². The van der Waals surface area contributed by atoms with Gasteiger partial charge in [0.15, 0.2) is 0 Å². The first kappa shape index (κ1) is 14.4. The highest BCUT2D eigenvalue weighted by Crippen LogP contribution is 2.52. The number of fused-ring (bicyclic) bond motifs is 2. The third-order valence-corrected chi connectivity index (χ3v) is 5.62. The maximum atomic E-state index is 3.54. The van der Waals surface area contributed by atoms with E-state index in [-0.39, 0.29) is 12.4 Å². The van der Waals surface area contributed by atoms with E-state index in [1.165, 1.54) is 58.3 Å². The van der Waals surface area contributed by atoms with Gasteiger partial charge in [0.25, 0.3) is 0 Å². The number of piperidine rings is 1. The summed E-state index contributed by atoms with van der Waals surface area (Å²) in [5.41, 5.74) is 3.80. The van der Waals surface area contributed by atoms with Crippen LogP contribution in [0.15, 0.2) is 24.3 Å². The molecule has 3 aliphatic rings. The van der Waals surface area contributed by atoms with Gasteiger partial charge in [-0.05, 0) is 74.8 Å². The van der Waals surface area contributed by atoms with Crippen molar-refractivity contribution in [1.29, 1.82) is 0 Å². The molecule has 2 fully saturated rings. The van der Waals surface area contributed by atoms with Crippen LogP contribution in [-0.4, -0.2) is 31.1 Å². The van der Waals surface area contributed by atoms with Crippen LogP contribution in [0.3, 0.4) is 0 Å². The summed E-state index contributed by atoms with van der Waals surface area (Å²) in [6, 6.07) is 10.00. The summed E-state index contributed by atoms with van der Waals surface area (Å²) in [4.78, 5) is 2.75. The SMILES string of the molecule is Cl.c1ccc2c(c1)C(N1CCCC1)CC21CCNCC1. The van der Waals surface area contributed by atoms with Gasteiger partial charge in [-0.25, -0.2) is 0 Å². The lowest BCUT2D eigenvalue weighted by Crippen LogP contribution is -2.39. The van der Waals surface area contributed by atoms with Crippen molar-refractivity contribution in [3.8, 4) is 0 Å². The molecule has 0 bridgehead atoms. The van der Waals surface area contributed by atoms with Crippen molar-refractivity contribution in [1.82, 2.24) is 10.2 Å². The van der Waals surface area contributed by atoms with Crippen LogP contribution in [0, 0.1) is 0 Å². The summed E-state index contributed by atoms with van der Waals surface area (Å²) >= 11 is 0. The summed E-state index contributed by atoms with van der Waals surface area (Å²) in [5.74, 6) is 0. The van der Waals surface area contributed by atoms with Crippen LogP contribution in [-0.2, 0) is 5.41 Å². The average molecular weight is 293 g/mol. The zero-order valence-corrected chi connectivity index (χ0v) is 12.9. The van der Waals surface area contributed by atoms with E-state index in [9.17, 15) is 0 Å². The molecule has 110 valence electrons. The van der Waals surface area contributed by atoms with Gasteiger partial charge >= 0.3 is 0 Å². The zero-order chi connectivity index (χ0) is 12.7. The summed E-state index contributed by atoms with van der Waals surface area (Å²) in [5, 5.41) is 3.54. The zero-order valence-electron chi connectivity index (χ0n) is 12.1. The minimum absolute atomic E-state index is 0. The van der Waals surface area contributed by atoms with E-state index in [0.29, 0.717) is 11.5 Å². The van der Waals surface area contributed by atoms with Crippen molar-refractivity contribution in [2.45, 2.75) is 43.6 Å². The number of halogens is 1. The normalized spacial score (nSPS) is 28.3. The van der Waals surface area contributed by atoms with Gasteiger partial charge in [-0.3, -0.25) is 4.90 Å². The third-order valence-electron chi connectivity index (χ3n) is 5.62. The molecule has 3 heteroatoms. The second kappa shape index (κ2) is 5.67. The Morgan fingerprint density at radius 2 is 1.75 bits per heavy atom. The van der Waals surface area contributed by atoms with Crippen molar-refractivity contribution < 1.29 is 0 Å². The van der Waals surface area contributed by atoms with Crippen LogP contribution in [0.4, 0.5) is 0 Å². The van der Waals surface area contributed by atoms with E-state index in [1.54, 1.807) is 11.1 Å². The van der Waals surface area contributed by atoms with Crippen LogP contribution < -0.4 is 5.32 Å². The Hall–Kier alpha value is -0.570. The minimum Gasteiger partial charge on any atom is -0.317 e. The number of nitrogens with one attached hydrogen (secondary N) is 1. The Morgan fingerprint density at radius 1 is 1.05 bits per heavy atom. The molecule has 0 amide bonds. The van der Waals surface area contributed by atoms with Gasteiger partial charge in [0.1, 0.15) is 0 Å². The van der Waals surface area contributed by atoms with Crippen LogP contribution in [0.1, 0.15) is 49.3 Å². The van der Waals surface area contributed by atoms with E-state index in [4.69, 9.17) is 0 Å². The molecule has 1 atom stereocenters. The monoisotopic (exact) mass is 292 g/mol. The van der Waals surface area contributed by atoms with Crippen molar-refractivity contribution >= 4 is 12.4 Å². The van der Waals surface area contributed by atoms with E-state index >= 15 is 0 Å². The van der Waals surface area contributed by atoms with Gasteiger partial charge in [0.05, 0.1) is 0 Å². The first-order chi connectivity index (χ1) is 9.39. The number of likely N-dealkylation sites (tertiary alicyclic amines) is 1. The van der Waals surface area contributed by atoms with Crippen molar-refractivity contribution in [3.63, 3.8) is 0 Å². The molecule has 1 aromatic carbocycles. The van der Waals surface area contributed by atoms with Gasteiger partial charge in [-0.15, -0.1) is 12.4 Å². The molecule has 2 heterocycles. The van der Waals surface area contributed by atoms with Crippen molar-refractivity contribution in [2.24, 2.45) is 0 Å². The van der Waals surface area contributed by atoms with Gasteiger partial charge in [0.2, 0.25) is 0 Å². The molecule has 0 radical (unpaired) electrons. The fourth-order valence-electron chi connectivity index (χ4n) is 4.62. The molecule has 0 saturated carbocycles. The van der Waals surface area contributed by atoms with Crippen LogP contribution >= 0.6 is 12.4 Å². The van der Waals surface area contributed by atoms with E-state index in [0.717, 1.165) is 0 Å². The second-order valence-corrected chi connectivity index (χ2v) is 6.58. The maximum absolute atomic E-state index is 3.54. The molecule has 1 aliphatic carbocycles. The highest BCUT2D eigenvalue weighted by atomic mass is 35.5. The topological polar surface area (TPSA) is 15.3 Å². The van der Waals surface area contributed by atoms with Crippen LogP contribution in [0.25, 0.3) is 0 Å². The summed E-state index contributed by atoms with van der Waals surface area (Å²) in [6.45, 7) is 5.02. The highest BCUT2D eigenvalue weighted by Gasteiger charge is 2.45. The first-order valence-electron chi connectivity index (χ1n) is 7.93. The standard InChI is InChI=1S/C17H24N2.ClH/c1-2-6-15-14(5-1)16(19-11-3-4-12-19)13-17(15)7-9-18-10-8-17;/h1-2,5-6,16,18H,3-4,7-13H2;1H. The molecule has 1 spiro atoms. The third kappa shape index (κ3) is 2.18. The Kier molecular flexibility index (Phi) is 4.07. The predicted octanol–water partition coefficient (Wildman–Crippen LogP) is 3.27. The molecule has 1 N–H and O–H groups in total.